The molecule has 0 fully saturated rings. The van der Waals surface area contributed by atoms with Gasteiger partial charge in [-0.3, -0.25) is 4.68 Å². The van der Waals surface area contributed by atoms with E-state index in [2.05, 4.69) is 18.9 Å². The molecular weight excluding hydrogens is 204 g/mol. The molecular formula is C12H22N2O2. The van der Waals surface area contributed by atoms with E-state index in [9.17, 15) is 0 Å². The summed E-state index contributed by atoms with van der Waals surface area (Å²) in [4.78, 5) is 0. The first-order valence-corrected chi connectivity index (χ1v) is 5.83. The van der Waals surface area contributed by atoms with Crippen LogP contribution in [0, 0.1) is 20.8 Å². The second-order valence-corrected chi connectivity index (χ2v) is 3.82. The summed E-state index contributed by atoms with van der Waals surface area (Å²) in [5.74, 6) is 0. The van der Waals surface area contributed by atoms with Gasteiger partial charge in [-0.1, -0.05) is 0 Å². The number of aryl methyl sites for hydroxylation is 1. The number of nitrogens with zero attached hydrogens (tertiary/aromatic N) is 2. The van der Waals surface area contributed by atoms with Crippen LogP contribution in [0.4, 0.5) is 0 Å². The van der Waals surface area contributed by atoms with Crippen LogP contribution in [0.1, 0.15) is 30.8 Å². The molecule has 4 nitrogen and oxygen atoms in total. The normalized spacial score (nSPS) is 11.4. The molecule has 0 aromatic carbocycles. The molecule has 0 saturated carbocycles. The molecule has 92 valence electrons. The summed E-state index contributed by atoms with van der Waals surface area (Å²) in [5, 5.41) is 4.47. The Kier molecular flexibility index (Phi) is 4.96. The Balaban J connectivity index is 2.72. The van der Waals surface area contributed by atoms with Crippen molar-refractivity contribution in [2.24, 2.45) is 0 Å². The Morgan fingerprint density at radius 1 is 1.12 bits per heavy atom. The Hall–Kier alpha value is -0.870. The van der Waals surface area contributed by atoms with Gasteiger partial charge in [0, 0.05) is 18.9 Å². The molecule has 0 atom stereocenters. The average molecular weight is 226 g/mol. The maximum atomic E-state index is 5.51. The van der Waals surface area contributed by atoms with Crippen molar-refractivity contribution in [2.75, 3.05) is 13.2 Å². The van der Waals surface area contributed by atoms with Gasteiger partial charge in [0.25, 0.3) is 0 Å². The van der Waals surface area contributed by atoms with Gasteiger partial charge in [-0.05, 0) is 40.2 Å². The fourth-order valence-corrected chi connectivity index (χ4v) is 1.63. The van der Waals surface area contributed by atoms with Gasteiger partial charge in [0.15, 0.2) is 6.29 Å². The van der Waals surface area contributed by atoms with E-state index in [0.29, 0.717) is 19.8 Å². The molecule has 0 radical (unpaired) electrons. The lowest BCUT2D eigenvalue weighted by Crippen LogP contribution is -2.24. The smallest absolute Gasteiger partial charge is 0.176 e. The topological polar surface area (TPSA) is 36.3 Å². The van der Waals surface area contributed by atoms with E-state index < -0.39 is 0 Å². The molecule has 0 unspecified atom stereocenters. The third kappa shape index (κ3) is 3.06. The van der Waals surface area contributed by atoms with Crippen LogP contribution in [-0.2, 0) is 16.0 Å². The maximum Gasteiger partial charge on any atom is 0.176 e. The van der Waals surface area contributed by atoms with Crippen molar-refractivity contribution in [3.63, 3.8) is 0 Å². The third-order valence-electron chi connectivity index (χ3n) is 2.77. The van der Waals surface area contributed by atoms with Crippen LogP contribution in [0.25, 0.3) is 0 Å². The summed E-state index contributed by atoms with van der Waals surface area (Å²) in [7, 11) is 0. The Morgan fingerprint density at radius 2 is 1.69 bits per heavy atom. The summed E-state index contributed by atoms with van der Waals surface area (Å²) in [6, 6.07) is 0. The predicted octanol–water partition coefficient (Wildman–Crippen LogP) is 2.21. The Morgan fingerprint density at radius 3 is 2.06 bits per heavy atom. The number of rotatable bonds is 6. The minimum absolute atomic E-state index is 0.201. The lowest BCUT2D eigenvalue weighted by Gasteiger charge is -2.17. The van der Waals surface area contributed by atoms with E-state index in [1.165, 1.54) is 11.3 Å². The van der Waals surface area contributed by atoms with Crippen LogP contribution in [0.3, 0.4) is 0 Å². The molecule has 0 aliphatic heterocycles. The van der Waals surface area contributed by atoms with Crippen LogP contribution in [0.2, 0.25) is 0 Å². The number of hydrogen-bond acceptors (Lipinski definition) is 3. The van der Waals surface area contributed by atoms with E-state index in [0.717, 1.165) is 5.69 Å². The van der Waals surface area contributed by atoms with Crippen LogP contribution < -0.4 is 0 Å². The standard InChI is InChI=1S/C12H22N2O2/c1-6-15-12(16-7-2)8-14-11(5)9(3)10(4)13-14/h12H,6-8H2,1-5H3. The van der Waals surface area contributed by atoms with Crippen molar-refractivity contribution in [1.29, 1.82) is 0 Å². The molecule has 1 heterocycles. The molecule has 4 heteroatoms. The number of aromatic nitrogens is 2. The van der Waals surface area contributed by atoms with E-state index in [-0.39, 0.29) is 6.29 Å². The molecule has 1 aromatic heterocycles. The highest BCUT2D eigenvalue weighted by molar-refractivity contribution is 5.22. The van der Waals surface area contributed by atoms with E-state index in [4.69, 9.17) is 9.47 Å². The van der Waals surface area contributed by atoms with Crippen LogP contribution >= 0.6 is 0 Å². The van der Waals surface area contributed by atoms with Gasteiger partial charge >= 0.3 is 0 Å². The Labute approximate surface area is 97.6 Å². The molecule has 0 aliphatic rings. The van der Waals surface area contributed by atoms with Gasteiger partial charge in [0.05, 0.1) is 12.2 Å². The van der Waals surface area contributed by atoms with Gasteiger partial charge in [-0.25, -0.2) is 0 Å². The monoisotopic (exact) mass is 226 g/mol. The summed E-state index contributed by atoms with van der Waals surface area (Å²) in [6.07, 6.45) is -0.201. The number of ether oxygens (including phenoxy) is 2. The van der Waals surface area contributed by atoms with Crippen LogP contribution in [0.5, 0.6) is 0 Å². The molecule has 1 aromatic rings. The molecule has 1 rings (SSSR count). The van der Waals surface area contributed by atoms with Gasteiger partial charge in [0.1, 0.15) is 0 Å². The van der Waals surface area contributed by atoms with Gasteiger partial charge in [0.2, 0.25) is 0 Å². The summed E-state index contributed by atoms with van der Waals surface area (Å²) in [6.45, 7) is 12.1. The van der Waals surface area contributed by atoms with E-state index in [1.54, 1.807) is 0 Å². The van der Waals surface area contributed by atoms with E-state index in [1.807, 2.05) is 25.5 Å². The fraction of sp³-hybridized carbons (Fsp3) is 0.750. The first kappa shape index (κ1) is 13.2. The molecule has 0 N–H and O–H groups in total. The molecule has 0 aliphatic carbocycles. The van der Waals surface area contributed by atoms with Gasteiger partial charge < -0.3 is 9.47 Å². The zero-order valence-electron chi connectivity index (χ0n) is 10.9. The SMILES string of the molecule is CCOC(Cn1nc(C)c(C)c1C)OCC. The first-order valence-electron chi connectivity index (χ1n) is 5.83. The predicted molar refractivity (Wildman–Crippen MR) is 63.5 cm³/mol. The van der Waals surface area contributed by atoms with E-state index >= 15 is 0 Å². The van der Waals surface area contributed by atoms with Crippen LogP contribution in [0.15, 0.2) is 0 Å². The molecule has 16 heavy (non-hydrogen) atoms. The van der Waals surface area contributed by atoms with Crippen molar-refractivity contribution >= 4 is 0 Å². The van der Waals surface area contributed by atoms with Crippen molar-refractivity contribution in [1.82, 2.24) is 9.78 Å². The largest absolute Gasteiger partial charge is 0.351 e. The van der Waals surface area contributed by atoms with Crippen LogP contribution in [-0.4, -0.2) is 29.3 Å². The fourth-order valence-electron chi connectivity index (χ4n) is 1.63. The maximum absolute atomic E-state index is 5.51. The summed E-state index contributed by atoms with van der Waals surface area (Å²) >= 11 is 0. The minimum atomic E-state index is -0.201. The zero-order valence-corrected chi connectivity index (χ0v) is 10.9. The summed E-state index contributed by atoms with van der Waals surface area (Å²) in [5.41, 5.74) is 3.50. The quantitative estimate of drug-likeness (QED) is 0.698. The summed E-state index contributed by atoms with van der Waals surface area (Å²) < 4.78 is 13.0. The highest BCUT2D eigenvalue weighted by Gasteiger charge is 2.13. The highest BCUT2D eigenvalue weighted by Crippen LogP contribution is 2.12. The van der Waals surface area contributed by atoms with Crippen molar-refractivity contribution in [3.8, 4) is 0 Å². The highest BCUT2D eigenvalue weighted by atomic mass is 16.7. The Bertz CT molecular complexity index is 328. The van der Waals surface area contributed by atoms with Crippen molar-refractivity contribution in [3.05, 3.63) is 17.0 Å². The second-order valence-electron chi connectivity index (χ2n) is 3.82. The van der Waals surface area contributed by atoms with Gasteiger partial charge in [-0.2, -0.15) is 5.10 Å². The minimum Gasteiger partial charge on any atom is -0.351 e. The zero-order chi connectivity index (χ0) is 12.1. The number of hydrogen-bond donors (Lipinski definition) is 0. The molecule has 0 saturated heterocycles. The third-order valence-corrected chi connectivity index (χ3v) is 2.77. The molecule has 0 amide bonds. The first-order chi connectivity index (χ1) is 7.60. The van der Waals surface area contributed by atoms with Crippen molar-refractivity contribution in [2.45, 2.75) is 47.5 Å². The molecule has 0 spiro atoms. The second kappa shape index (κ2) is 6.01. The lowest BCUT2D eigenvalue weighted by atomic mass is 10.2. The average Bonchev–Trinajstić information content (AvgIpc) is 2.47. The van der Waals surface area contributed by atoms with Gasteiger partial charge in [-0.15, -0.1) is 0 Å². The lowest BCUT2D eigenvalue weighted by molar-refractivity contribution is -0.145. The molecule has 0 bridgehead atoms. The van der Waals surface area contributed by atoms with Crippen molar-refractivity contribution < 1.29 is 9.47 Å².